The van der Waals surface area contributed by atoms with E-state index in [2.05, 4.69) is 0 Å². The molecule has 0 spiro atoms. The van der Waals surface area contributed by atoms with E-state index in [0.717, 1.165) is 0 Å². The van der Waals surface area contributed by atoms with Crippen LogP contribution < -0.4 is 9.47 Å². The van der Waals surface area contributed by atoms with Crippen LogP contribution in [0.3, 0.4) is 0 Å². The van der Waals surface area contributed by atoms with Crippen molar-refractivity contribution in [2.45, 2.75) is 13.3 Å². The molecule has 1 aliphatic heterocycles. The molecular weight excluding hydrogens is 250 g/mol. The van der Waals surface area contributed by atoms with Crippen molar-refractivity contribution in [2.75, 3.05) is 19.9 Å². The summed E-state index contributed by atoms with van der Waals surface area (Å²) in [7, 11) is 0. The van der Waals surface area contributed by atoms with Gasteiger partial charge in [-0.05, 0) is 24.6 Å². The van der Waals surface area contributed by atoms with E-state index in [1.54, 1.807) is 18.2 Å². The summed E-state index contributed by atoms with van der Waals surface area (Å²) in [6.07, 6.45) is 0.698. The molecule has 0 bridgehead atoms. The molecule has 0 aliphatic carbocycles. The number of benzene rings is 1. The van der Waals surface area contributed by atoms with E-state index >= 15 is 0 Å². The monoisotopic (exact) mass is 265 g/mol. The molecule has 1 aromatic rings. The first-order valence-corrected chi connectivity index (χ1v) is 6.02. The topological polar surface area (TPSA) is 76.1 Å². The van der Waals surface area contributed by atoms with Crippen LogP contribution in [0, 0.1) is 0 Å². The predicted molar refractivity (Wildman–Crippen MR) is 66.4 cm³/mol. The zero-order valence-corrected chi connectivity index (χ0v) is 10.6. The van der Waals surface area contributed by atoms with Gasteiger partial charge in [-0.2, -0.15) is 0 Å². The minimum Gasteiger partial charge on any atom is -0.480 e. The van der Waals surface area contributed by atoms with Crippen molar-refractivity contribution in [2.24, 2.45) is 0 Å². The Labute approximate surface area is 110 Å². The summed E-state index contributed by atoms with van der Waals surface area (Å²) in [6.45, 7) is 2.13. The standard InChI is InChI=1S/C13H15NO5/c1-2-5-14(7-12(15)16)13(17)9-3-4-10-11(6-9)19-8-18-10/h3-4,6H,2,5,7-8H2,1H3,(H,15,16). The molecule has 0 saturated carbocycles. The molecule has 1 aromatic carbocycles. The average molecular weight is 265 g/mol. The van der Waals surface area contributed by atoms with Gasteiger partial charge in [-0.15, -0.1) is 0 Å². The Morgan fingerprint density at radius 1 is 1.32 bits per heavy atom. The molecule has 0 radical (unpaired) electrons. The van der Waals surface area contributed by atoms with Gasteiger partial charge >= 0.3 is 5.97 Å². The van der Waals surface area contributed by atoms with Gasteiger partial charge in [-0.1, -0.05) is 6.92 Å². The van der Waals surface area contributed by atoms with Crippen molar-refractivity contribution in [3.05, 3.63) is 23.8 Å². The first kappa shape index (κ1) is 13.2. The van der Waals surface area contributed by atoms with E-state index in [0.29, 0.717) is 30.0 Å². The molecule has 1 amide bonds. The number of aliphatic carboxylic acids is 1. The molecule has 0 aromatic heterocycles. The minimum atomic E-state index is -1.03. The third-order valence-corrected chi connectivity index (χ3v) is 2.73. The smallest absolute Gasteiger partial charge is 0.323 e. The lowest BCUT2D eigenvalue weighted by Crippen LogP contribution is -2.36. The Morgan fingerprint density at radius 2 is 2.05 bits per heavy atom. The van der Waals surface area contributed by atoms with E-state index < -0.39 is 5.97 Å². The minimum absolute atomic E-state index is 0.140. The number of carbonyl (C=O) groups excluding carboxylic acids is 1. The fourth-order valence-electron chi connectivity index (χ4n) is 1.90. The van der Waals surface area contributed by atoms with E-state index in [9.17, 15) is 9.59 Å². The number of fused-ring (bicyclic) bond motifs is 1. The molecule has 1 aliphatic rings. The number of carboxylic acid groups (broad SMARTS) is 1. The molecule has 6 nitrogen and oxygen atoms in total. The highest BCUT2D eigenvalue weighted by Crippen LogP contribution is 2.32. The summed E-state index contributed by atoms with van der Waals surface area (Å²) >= 11 is 0. The van der Waals surface area contributed by atoms with Gasteiger partial charge in [0.1, 0.15) is 6.54 Å². The maximum Gasteiger partial charge on any atom is 0.323 e. The number of amides is 1. The van der Waals surface area contributed by atoms with Crippen LogP contribution in [0.1, 0.15) is 23.7 Å². The fraction of sp³-hybridized carbons (Fsp3) is 0.385. The van der Waals surface area contributed by atoms with E-state index in [4.69, 9.17) is 14.6 Å². The molecule has 1 N–H and O–H groups in total. The van der Waals surface area contributed by atoms with Gasteiger partial charge in [0.2, 0.25) is 6.79 Å². The SMILES string of the molecule is CCCN(CC(=O)O)C(=O)c1ccc2c(c1)OCO2. The number of hydrogen-bond donors (Lipinski definition) is 1. The highest BCUT2D eigenvalue weighted by Gasteiger charge is 2.21. The number of ether oxygens (including phenoxy) is 2. The van der Waals surface area contributed by atoms with Crippen molar-refractivity contribution in [3.8, 4) is 11.5 Å². The van der Waals surface area contributed by atoms with Gasteiger partial charge in [0.25, 0.3) is 5.91 Å². The fourth-order valence-corrected chi connectivity index (χ4v) is 1.90. The molecule has 0 atom stereocenters. The molecule has 0 unspecified atom stereocenters. The number of hydrogen-bond acceptors (Lipinski definition) is 4. The van der Waals surface area contributed by atoms with Gasteiger partial charge in [-0.25, -0.2) is 0 Å². The molecule has 6 heteroatoms. The quantitative estimate of drug-likeness (QED) is 0.869. The van der Waals surface area contributed by atoms with Crippen molar-refractivity contribution in [1.82, 2.24) is 4.90 Å². The Balaban J connectivity index is 2.18. The number of rotatable bonds is 5. The predicted octanol–water partition coefficient (Wildman–Crippen LogP) is 1.35. The molecule has 0 fully saturated rings. The van der Waals surface area contributed by atoms with E-state index in [1.807, 2.05) is 6.92 Å². The lowest BCUT2D eigenvalue weighted by Gasteiger charge is -2.20. The van der Waals surface area contributed by atoms with Gasteiger partial charge in [0, 0.05) is 12.1 Å². The van der Waals surface area contributed by atoms with Crippen LogP contribution in [0.4, 0.5) is 0 Å². The molecule has 102 valence electrons. The summed E-state index contributed by atoms with van der Waals surface area (Å²) in [4.78, 5) is 24.3. The zero-order chi connectivity index (χ0) is 13.8. The Morgan fingerprint density at radius 3 is 2.74 bits per heavy atom. The average Bonchev–Trinajstić information content (AvgIpc) is 2.84. The Bertz CT molecular complexity index is 500. The van der Waals surface area contributed by atoms with Crippen LogP contribution in [-0.2, 0) is 4.79 Å². The third-order valence-electron chi connectivity index (χ3n) is 2.73. The van der Waals surface area contributed by atoms with Crippen LogP contribution in [0.2, 0.25) is 0 Å². The highest BCUT2D eigenvalue weighted by molar-refractivity contribution is 5.96. The second-order valence-corrected chi connectivity index (χ2v) is 4.19. The second-order valence-electron chi connectivity index (χ2n) is 4.19. The summed E-state index contributed by atoms with van der Waals surface area (Å²) in [6, 6.07) is 4.84. The first-order valence-electron chi connectivity index (χ1n) is 6.02. The number of carboxylic acids is 1. The van der Waals surface area contributed by atoms with Gasteiger partial charge < -0.3 is 19.5 Å². The highest BCUT2D eigenvalue weighted by atomic mass is 16.7. The van der Waals surface area contributed by atoms with Gasteiger partial charge in [-0.3, -0.25) is 9.59 Å². The largest absolute Gasteiger partial charge is 0.480 e. The zero-order valence-electron chi connectivity index (χ0n) is 10.6. The Hall–Kier alpha value is -2.24. The van der Waals surface area contributed by atoms with Gasteiger partial charge in [0.05, 0.1) is 0 Å². The molecule has 2 rings (SSSR count). The van der Waals surface area contributed by atoms with Crippen LogP contribution in [0.5, 0.6) is 11.5 Å². The Kier molecular flexibility index (Phi) is 3.89. The van der Waals surface area contributed by atoms with Crippen molar-refractivity contribution in [1.29, 1.82) is 0 Å². The summed E-state index contributed by atoms with van der Waals surface area (Å²) in [5, 5.41) is 8.82. The normalized spacial score (nSPS) is 12.3. The maximum absolute atomic E-state index is 12.2. The molecular formula is C13H15NO5. The summed E-state index contributed by atoms with van der Waals surface area (Å²) in [5.41, 5.74) is 0.402. The van der Waals surface area contributed by atoms with Crippen molar-refractivity contribution >= 4 is 11.9 Å². The van der Waals surface area contributed by atoms with Crippen molar-refractivity contribution < 1.29 is 24.2 Å². The summed E-state index contributed by atoms with van der Waals surface area (Å²) < 4.78 is 10.4. The second kappa shape index (κ2) is 5.60. The first-order chi connectivity index (χ1) is 9.11. The van der Waals surface area contributed by atoms with E-state index in [1.165, 1.54) is 4.90 Å². The third kappa shape index (κ3) is 2.96. The number of carbonyl (C=O) groups is 2. The molecule has 19 heavy (non-hydrogen) atoms. The van der Waals surface area contributed by atoms with Crippen LogP contribution >= 0.6 is 0 Å². The maximum atomic E-state index is 12.2. The summed E-state index contributed by atoms with van der Waals surface area (Å²) in [5.74, 6) is -0.237. The molecule has 0 saturated heterocycles. The van der Waals surface area contributed by atoms with Crippen molar-refractivity contribution in [3.63, 3.8) is 0 Å². The van der Waals surface area contributed by atoms with Crippen LogP contribution in [0.15, 0.2) is 18.2 Å². The molecule has 1 heterocycles. The van der Waals surface area contributed by atoms with Crippen LogP contribution in [-0.4, -0.2) is 41.8 Å². The van der Waals surface area contributed by atoms with Gasteiger partial charge in [0.15, 0.2) is 11.5 Å². The number of nitrogens with zero attached hydrogens (tertiary/aromatic N) is 1. The van der Waals surface area contributed by atoms with E-state index in [-0.39, 0.29) is 19.2 Å². The van der Waals surface area contributed by atoms with Crippen LogP contribution in [0.25, 0.3) is 0 Å². The lowest BCUT2D eigenvalue weighted by molar-refractivity contribution is -0.137. The lowest BCUT2D eigenvalue weighted by atomic mass is 10.1.